The fourth-order valence-electron chi connectivity index (χ4n) is 1.86. The lowest BCUT2D eigenvalue weighted by atomic mass is 10.1. The smallest absolute Gasteiger partial charge is 0.338 e. The van der Waals surface area contributed by atoms with Crippen molar-refractivity contribution in [3.8, 4) is 0 Å². The molecule has 23 heavy (non-hydrogen) atoms. The van der Waals surface area contributed by atoms with Crippen molar-refractivity contribution >= 4 is 40.8 Å². The molecule has 2 aromatic carbocycles. The van der Waals surface area contributed by atoms with E-state index in [1.165, 1.54) is 23.8 Å². The largest absolute Gasteiger partial charge is 0.452 e. The first-order chi connectivity index (χ1) is 11.0. The first-order valence-corrected chi connectivity index (χ1v) is 7.76. The zero-order valence-corrected chi connectivity index (χ0v) is 13.9. The van der Waals surface area contributed by atoms with E-state index in [1.807, 2.05) is 12.1 Å². The summed E-state index contributed by atoms with van der Waals surface area (Å²) in [6, 6.07) is 11.8. The van der Waals surface area contributed by atoms with Crippen LogP contribution in [0.15, 0.2) is 42.5 Å². The average molecular weight is 352 g/mol. The Morgan fingerprint density at radius 1 is 1.04 bits per heavy atom. The molecule has 0 saturated carbocycles. The molecule has 0 atom stereocenters. The summed E-state index contributed by atoms with van der Waals surface area (Å²) in [5, 5.41) is 3.25. The second-order valence-electron chi connectivity index (χ2n) is 4.80. The minimum absolute atomic E-state index is 0.236. The molecule has 0 bridgehead atoms. The van der Waals surface area contributed by atoms with Gasteiger partial charge in [-0.2, -0.15) is 0 Å². The summed E-state index contributed by atoms with van der Waals surface area (Å²) in [6.07, 6.45) is 0.926. The second kappa shape index (κ2) is 7.99. The van der Waals surface area contributed by atoms with Gasteiger partial charge in [-0.25, -0.2) is 4.79 Å². The number of benzene rings is 2. The molecule has 0 aliphatic carbocycles. The molecule has 4 nitrogen and oxygen atoms in total. The molecule has 0 saturated heterocycles. The second-order valence-corrected chi connectivity index (χ2v) is 5.62. The number of hydrogen-bond donors (Lipinski definition) is 1. The van der Waals surface area contributed by atoms with Gasteiger partial charge in [0.2, 0.25) is 0 Å². The summed E-state index contributed by atoms with van der Waals surface area (Å²) in [6.45, 7) is 1.67. The number of anilines is 1. The van der Waals surface area contributed by atoms with Crippen LogP contribution in [0.2, 0.25) is 10.0 Å². The molecule has 1 N–H and O–H groups in total. The van der Waals surface area contributed by atoms with Crippen molar-refractivity contribution in [1.82, 2.24) is 0 Å². The van der Waals surface area contributed by atoms with E-state index in [9.17, 15) is 9.59 Å². The normalized spacial score (nSPS) is 10.2. The monoisotopic (exact) mass is 351 g/mol. The maximum atomic E-state index is 11.8. The molecule has 120 valence electrons. The summed E-state index contributed by atoms with van der Waals surface area (Å²) in [7, 11) is 0. The van der Waals surface area contributed by atoms with E-state index >= 15 is 0 Å². The van der Waals surface area contributed by atoms with Crippen LogP contribution in [0.5, 0.6) is 0 Å². The van der Waals surface area contributed by atoms with Crippen molar-refractivity contribution in [1.29, 1.82) is 0 Å². The van der Waals surface area contributed by atoms with E-state index < -0.39 is 11.9 Å². The number of halogens is 2. The van der Waals surface area contributed by atoms with Crippen LogP contribution in [0.25, 0.3) is 0 Å². The van der Waals surface area contributed by atoms with Gasteiger partial charge in [-0.15, -0.1) is 0 Å². The molecule has 0 fully saturated rings. The predicted octanol–water partition coefficient (Wildman–Crippen LogP) is 4.35. The van der Waals surface area contributed by atoms with Crippen LogP contribution in [0, 0.1) is 0 Å². The van der Waals surface area contributed by atoms with Crippen LogP contribution >= 0.6 is 23.2 Å². The number of nitrogens with one attached hydrogen (secondary N) is 1. The number of ether oxygens (including phenoxy) is 1. The van der Waals surface area contributed by atoms with Crippen molar-refractivity contribution in [3.05, 3.63) is 63.6 Å². The van der Waals surface area contributed by atoms with Crippen LogP contribution in [0.3, 0.4) is 0 Å². The van der Waals surface area contributed by atoms with Crippen LogP contribution in [-0.4, -0.2) is 18.5 Å². The van der Waals surface area contributed by atoms with Gasteiger partial charge in [0.25, 0.3) is 5.91 Å². The van der Waals surface area contributed by atoms with Crippen LogP contribution in [0.1, 0.15) is 22.8 Å². The Labute approximate surface area is 144 Å². The van der Waals surface area contributed by atoms with E-state index in [0.717, 1.165) is 6.42 Å². The van der Waals surface area contributed by atoms with Crippen molar-refractivity contribution < 1.29 is 14.3 Å². The number of carbonyl (C=O) groups excluding carboxylic acids is 2. The highest BCUT2D eigenvalue weighted by molar-refractivity contribution is 6.42. The molecule has 0 aromatic heterocycles. The van der Waals surface area contributed by atoms with Gasteiger partial charge in [0, 0.05) is 5.69 Å². The van der Waals surface area contributed by atoms with E-state index in [0.29, 0.717) is 10.7 Å². The Hall–Kier alpha value is -2.04. The Morgan fingerprint density at radius 2 is 1.74 bits per heavy atom. The summed E-state index contributed by atoms with van der Waals surface area (Å²) < 4.78 is 4.95. The number of amides is 1. The molecule has 1 amide bonds. The van der Waals surface area contributed by atoms with Crippen LogP contribution in [-0.2, 0) is 16.0 Å². The first-order valence-electron chi connectivity index (χ1n) is 7.00. The van der Waals surface area contributed by atoms with Crippen LogP contribution in [0.4, 0.5) is 5.69 Å². The molecule has 6 heteroatoms. The highest BCUT2D eigenvalue weighted by Crippen LogP contribution is 2.22. The average Bonchev–Trinajstić information content (AvgIpc) is 2.56. The van der Waals surface area contributed by atoms with Gasteiger partial charge in [0.1, 0.15) is 0 Å². The van der Waals surface area contributed by atoms with Gasteiger partial charge in [-0.05, 0) is 42.3 Å². The van der Waals surface area contributed by atoms with Gasteiger partial charge in [-0.1, -0.05) is 42.3 Å². The topological polar surface area (TPSA) is 55.4 Å². The molecule has 2 aromatic rings. The molecule has 0 spiro atoms. The quantitative estimate of drug-likeness (QED) is 0.814. The number of aryl methyl sites for hydroxylation is 1. The zero-order valence-electron chi connectivity index (χ0n) is 12.4. The SMILES string of the molecule is CCc1ccc(NC(=O)COC(=O)c2ccc(Cl)c(Cl)c2)cc1. The van der Waals surface area contributed by atoms with Crippen molar-refractivity contribution in [2.45, 2.75) is 13.3 Å². The minimum Gasteiger partial charge on any atom is -0.452 e. The highest BCUT2D eigenvalue weighted by Gasteiger charge is 2.12. The van der Waals surface area contributed by atoms with Crippen LogP contribution < -0.4 is 5.32 Å². The van der Waals surface area contributed by atoms with Gasteiger partial charge < -0.3 is 10.1 Å². The molecule has 0 unspecified atom stereocenters. The van der Waals surface area contributed by atoms with Crippen molar-refractivity contribution in [2.24, 2.45) is 0 Å². The predicted molar refractivity (Wildman–Crippen MR) is 91.2 cm³/mol. The summed E-state index contributed by atoms with van der Waals surface area (Å²) in [5.41, 5.74) is 2.06. The van der Waals surface area contributed by atoms with Crippen molar-refractivity contribution in [2.75, 3.05) is 11.9 Å². The Morgan fingerprint density at radius 3 is 2.35 bits per heavy atom. The lowest BCUT2D eigenvalue weighted by molar-refractivity contribution is -0.119. The van der Waals surface area contributed by atoms with E-state index in [-0.39, 0.29) is 17.2 Å². The Kier molecular flexibility index (Phi) is 6.02. The number of rotatable bonds is 5. The molecule has 2 rings (SSSR count). The van der Waals surface area contributed by atoms with Gasteiger partial charge in [0.15, 0.2) is 6.61 Å². The zero-order chi connectivity index (χ0) is 16.8. The third kappa shape index (κ3) is 4.98. The lowest BCUT2D eigenvalue weighted by Crippen LogP contribution is -2.20. The Balaban J connectivity index is 1.87. The standard InChI is InChI=1S/C17H15Cl2NO3/c1-2-11-3-6-13(7-4-11)20-16(21)10-23-17(22)12-5-8-14(18)15(19)9-12/h3-9H,2,10H2,1H3,(H,20,21). The molecular formula is C17H15Cl2NO3. The molecule has 0 radical (unpaired) electrons. The summed E-state index contributed by atoms with van der Waals surface area (Å²) in [5.74, 6) is -1.05. The number of carbonyl (C=O) groups is 2. The van der Waals surface area contributed by atoms with Crippen molar-refractivity contribution in [3.63, 3.8) is 0 Å². The van der Waals surface area contributed by atoms with E-state index in [4.69, 9.17) is 27.9 Å². The first kappa shape index (κ1) is 17.3. The number of esters is 1. The third-order valence-electron chi connectivity index (χ3n) is 3.14. The maximum absolute atomic E-state index is 11.8. The van der Waals surface area contributed by atoms with Gasteiger partial charge >= 0.3 is 5.97 Å². The molecule has 0 aliphatic rings. The van der Waals surface area contributed by atoms with Gasteiger partial charge in [0.05, 0.1) is 15.6 Å². The fraction of sp³-hybridized carbons (Fsp3) is 0.176. The summed E-state index contributed by atoms with van der Waals surface area (Å²) in [4.78, 5) is 23.6. The maximum Gasteiger partial charge on any atom is 0.338 e. The van der Waals surface area contributed by atoms with E-state index in [1.54, 1.807) is 12.1 Å². The molecular weight excluding hydrogens is 337 g/mol. The number of hydrogen-bond acceptors (Lipinski definition) is 3. The minimum atomic E-state index is -0.639. The molecule has 0 aliphatic heterocycles. The van der Waals surface area contributed by atoms with E-state index in [2.05, 4.69) is 12.2 Å². The highest BCUT2D eigenvalue weighted by atomic mass is 35.5. The molecule has 0 heterocycles. The third-order valence-corrected chi connectivity index (χ3v) is 3.87. The lowest BCUT2D eigenvalue weighted by Gasteiger charge is -2.07. The fourth-order valence-corrected chi connectivity index (χ4v) is 2.16. The van der Waals surface area contributed by atoms with Gasteiger partial charge in [-0.3, -0.25) is 4.79 Å². The Bertz CT molecular complexity index is 714. The summed E-state index contributed by atoms with van der Waals surface area (Å²) >= 11 is 11.6.